The van der Waals surface area contributed by atoms with Crippen LogP contribution in [0.5, 0.6) is 5.75 Å². The fourth-order valence-corrected chi connectivity index (χ4v) is 1.34. The quantitative estimate of drug-likeness (QED) is 0.525. The number of rotatable bonds is 5. The van der Waals surface area contributed by atoms with Crippen molar-refractivity contribution in [3.63, 3.8) is 0 Å². The summed E-state index contributed by atoms with van der Waals surface area (Å²) >= 11 is 0. The minimum absolute atomic E-state index is 0.400. The lowest BCUT2D eigenvalue weighted by molar-refractivity contribution is -0.107. The Kier molecular flexibility index (Phi) is 3.92. The van der Waals surface area contributed by atoms with Crippen LogP contribution in [0.15, 0.2) is 30.9 Å². The van der Waals surface area contributed by atoms with Gasteiger partial charge in [0, 0.05) is 12.0 Å². The topological polar surface area (TPSA) is 26.3 Å². The molecule has 0 heterocycles. The van der Waals surface area contributed by atoms with Crippen molar-refractivity contribution in [2.45, 2.75) is 12.8 Å². The number of benzene rings is 1. The van der Waals surface area contributed by atoms with E-state index in [0.29, 0.717) is 6.42 Å². The van der Waals surface area contributed by atoms with Crippen LogP contribution in [0.25, 0.3) is 0 Å². The van der Waals surface area contributed by atoms with Gasteiger partial charge in [0.15, 0.2) is 0 Å². The summed E-state index contributed by atoms with van der Waals surface area (Å²) in [6, 6.07) is 5.86. The van der Waals surface area contributed by atoms with Gasteiger partial charge in [-0.1, -0.05) is 18.2 Å². The summed E-state index contributed by atoms with van der Waals surface area (Å²) in [7, 11) is 1.61. The highest BCUT2D eigenvalue weighted by Gasteiger charge is 2.02. The van der Waals surface area contributed by atoms with E-state index in [1.54, 1.807) is 7.11 Å². The van der Waals surface area contributed by atoms with Gasteiger partial charge in [-0.25, -0.2) is 0 Å². The van der Waals surface area contributed by atoms with Crippen LogP contribution in [0.4, 0.5) is 0 Å². The highest BCUT2D eigenvalue weighted by molar-refractivity contribution is 5.58. The predicted octanol–water partition coefficient (Wildman–Crippen LogP) is 2.17. The molecule has 1 aromatic rings. The third-order valence-electron chi connectivity index (χ3n) is 2.03. The van der Waals surface area contributed by atoms with Gasteiger partial charge in [0.2, 0.25) is 0 Å². The van der Waals surface area contributed by atoms with Gasteiger partial charge in [-0.2, -0.15) is 0 Å². The van der Waals surface area contributed by atoms with E-state index >= 15 is 0 Å². The van der Waals surface area contributed by atoms with E-state index in [1.165, 1.54) is 0 Å². The van der Waals surface area contributed by atoms with Crippen molar-refractivity contribution in [1.82, 2.24) is 0 Å². The summed E-state index contributed by atoms with van der Waals surface area (Å²) < 4.78 is 5.19. The zero-order chi connectivity index (χ0) is 10.4. The molecule has 0 N–H and O–H groups in total. The number of methoxy groups -OCH3 is 1. The lowest BCUT2D eigenvalue weighted by atomic mass is 10.1. The van der Waals surface area contributed by atoms with Gasteiger partial charge in [0.05, 0.1) is 7.11 Å². The summed E-state index contributed by atoms with van der Waals surface area (Å²) in [5.41, 5.74) is 2.07. The van der Waals surface area contributed by atoms with Gasteiger partial charge in [0.1, 0.15) is 12.0 Å². The maximum Gasteiger partial charge on any atom is 0.124 e. The molecule has 0 unspecified atom stereocenters. The van der Waals surface area contributed by atoms with E-state index in [-0.39, 0.29) is 0 Å². The number of aldehydes is 1. The van der Waals surface area contributed by atoms with Crippen molar-refractivity contribution in [2.75, 3.05) is 7.11 Å². The van der Waals surface area contributed by atoms with E-state index in [9.17, 15) is 4.79 Å². The molecular formula is C12H14O2. The smallest absolute Gasteiger partial charge is 0.124 e. The molecule has 0 saturated heterocycles. The molecule has 0 aliphatic carbocycles. The molecular weight excluding hydrogens is 176 g/mol. The molecule has 74 valence electrons. The average molecular weight is 190 g/mol. The molecule has 1 rings (SSSR count). The van der Waals surface area contributed by atoms with Crippen molar-refractivity contribution in [2.24, 2.45) is 0 Å². The first-order valence-electron chi connectivity index (χ1n) is 4.52. The first kappa shape index (κ1) is 10.5. The SMILES string of the molecule is C=CCc1ccc(CC=O)c(OC)c1. The molecule has 0 bridgehead atoms. The maximum atomic E-state index is 10.4. The van der Waals surface area contributed by atoms with Gasteiger partial charge in [-0.3, -0.25) is 0 Å². The predicted molar refractivity (Wildman–Crippen MR) is 56.7 cm³/mol. The molecule has 0 saturated carbocycles. The third kappa shape index (κ3) is 2.46. The lowest BCUT2D eigenvalue weighted by Crippen LogP contribution is -1.94. The van der Waals surface area contributed by atoms with Crippen molar-refractivity contribution < 1.29 is 9.53 Å². The Bertz CT molecular complexity index is 329. The van der Waals surface area contributed by atoms with E-state index in [1.807, 2.05) is 24.3 Å². The van der Waals surface area contributed by atoms with Crippen molar-refractivity contribution in [3.05, 3.63) is 42.0 Å². The van der Waals surface area contributed by atoms with Crippen LogP contribution in [0, 0.1) is 0 Å². The fourth-order valence-electron chi connectivity index (χ4n) is 1.34. The second kappa shape index (κ2) is 5.22. The normalized spacial score (nSPS) is 9.50. The van der Waals surface area contributed by atoms with Gasteiger partial charge in [-0.15, -0.1) is 6.58 Å². The number of allylic oxidation sites excluding steroid dienone is 1. The monoisotopic (exact) mass is 190 g/mol. The Morgan fingerprint density at radius 3 is 2.79 bits per heavy atom. The summed E-state index contributed by atoms with van der Waals surface area (Å²) in [5, 5.41) is 0. The van der Waals surface area contributed by atoms with Crippen LogP contribution >= 0.6 is 0 Å². The minimum Gasteiger partial charge on any atom is -0.496 e. The van der Waals surface area contributed by atoms with Gasteiger partial charge < -0.3 is 9.53 Å². The first-order valence-corrected chi connectivity index (χ1v) is 4.52. The van der Waals surface area contributed by atoms with E-state index in [2.05, 4.69) is 6.58 Å². The number of hydrogen-bond donors (Lipinski definition) is 0. The van der Waals surface area contributed by atoms with Crippen molar-refractivity contribution in [1.29, 1.82) is 0 Å². The van der Waals surface area contributed by atoms with Crippen LogP contribution < -0.4 is 4.74 Å². The Balaban J connectivity index is 2.97. The molecule has 2 nitrogen and oxygen atoms in total. The second-order valence-corrected chi connectivity index (χ2v) is 3.01. The molecule has 0 aliphatic rings. The van der Waals surface area contributed by atoms with Crippen LogP contribution in [0.1, 0.15) is 11.1 Å². The molecule has 0 fully saturated rings. The van der Waals surface area contributed by atoms with Gasteiger partial charge in [0.25, 0.3) is 0 Å². The summed E-state index contributed by atoms with van der Waals surface area (Å²) in [6.45, 7) is 3.67. The third-order valence-corrected chi connectivity index (χ3v) is 2.03. The summed E-state index contributed by atoms with van der Waals surface area (Å²) in [4.78, 5) is 10.4. The highest BCUT2D eigenvalue weighted by atomic mass is 16.5. The van der Waals surface area contributed by atoms with E-state index in [4.69, 9.17) is 4.74 Å². The van der Waals surface area contributed by atoms with E-state index in [0.717, 1.165) is 29.6 Å². The summed E-state index contributed by atoms with van der Waals surface area (Å²) in [5.74, 6) is 0.774. The van der Waals surface area contributed by atoms with Crippen LogP contribution in [0.3, 0.4) is 0 Å². The Labute approximate surface area is 84.2 Å². The molecule has 0 aromatic heterocycles. The number of hydrogen-bond acceptors (Lipinski definition) is 2. The summed E-state index contributed by atoms with van der Waals surface area (Å²) in [6.07, 6.45) is 3.94. The fraction of sp³-hybridized carbons (Fsp3) is 0.250. The van der Waals surface area contributed by atoms with Crippen molar-refractivity contribution in [3.8, 4) is 5.75 Å². The molecule has 0 radical (unpaired) electrons. The molecule has 14 heavy (non-hydrogen) atoms. The highest BCUT2D eigenvalue weighted by Crippen LogP contribution is 2.20. The van der Waals surface area contributed by atoms with Gasteiger partial charge >= 0.3 is 0 Å². The molecule has 0 aliphatic heterocycles. The average Bonchev–Trinajstić information content (AvgIpc) is 2.21. The van der Waals surface area contributed by atoms with Crippen molar-refractivity contribution >= 4 is 6.29 Å². The zero-order valence-corrected chi connectivity index (χ0v) is 8.32. The Hall–Kier alpha value is -1.57. The molecule has 2 heteroatoms. The molecule has 0 spiro atoms. The standard InChI is InChI=1S/C12H14O2/c1-3-4-10-5-6-11(7-8-13)12(9-10)14-2/h3,5-6,8-9H,1,4,7H2,2H3. The first-order chi connectivity index (χ1) is 6.81. The van der Waals surface area contributed by atoms with Crippen LogP contribution in [0.2, 0.25) is 0 Å². The van der Waals surface area contributed by atoms with Crippen LogP contribution in [-0.2, 0) is 17.6 Å². The van der Waals surface area contributed by atoms with Gasteiger partial charge in [-0.05, 0) is 18.1 Å². The Morgan fingerprint density at radius 1 is 1.43 bits per heavy atom. The number of ether oxygens (including phenoxy) is 1. The Morgan fingerprint density at radius 2 is 2.21 bits per heavy atom. The minimum atomic E-state index is 0.400. The number of carbonyl (C=O) groups excluding carboxylic acids is 1. The molecule has 1 aromatic carbocycles. The number of carbonyl (C=O) groups is 1. The largest absolute Gasteiger partial charge is 0.496 e. The second-order valence-electron chi connectivity index (χ2n) is 3.01. The molecule has 0 atom stereocenters. The molecule has 0 amide bonds. The zero-order valence-electron chi connectivity index (χ0n) is 8.32. The van der Waals surface area contributed by atoms with Crippen LogP contribution in [-0.4, -0.2) is 13.4 Å². The maximum absolute atomic E-state index is 10.4. The van der Waals surface area contributed by atoms with E-state index < -0.39 is 0 Å². The lowest BCUT2D eigenvalue weighted by Gasteiger charge is -2.07.